The SMILES string of the molecule is CCCCOC(=O)CN(c1ccc2c(ccn2-c2cc(CNC(=O)OC(C)(C)C)ccn2)c1)S(=O)(=O)c1cc(Cl)cc(Cl)c1. The molecule has 0 saturated heterocycles. The van der Waals surface area contributed by atoms with E-state index in [-0.39, 0.29) is 33.8 Å². The highest BCUT2D eigenvalue weighted by atomic mass is 35.5. The molecule has 13 heteroatoms. The fraction of sp³-hybridized carbons (Fsp3) is 0.323. The molecule has 44 heavy (non-hydrogen) atoms. The van der Waals surface area contributed by atoms with Crippen molar-refractivity contribution in [1.82, 2.24) is 14.9 Å². The number of aromatic nitrogens is 2. The average Bonchev–Trinajstić information content (AvgIpc) is 3.37. The van der Waals surface area contributed by atoms with E-state index in [9.17, 15) is 18.0 Å². The van der Waals surface area contributed by atoms with Gasteiger partial charge in [-0.15, -0.1) is 0 Å². The number of halogens is 2. The summed E-state index contributed by atoms with van der Waals surface area (Å²) in [6, 6.07) is 14.4. The Morgan fingerprint density at radius 1 is 1.02 bits per heavy atom. The van der Waals surface area contributed by atoms with Crippen molar-refractivity contribution < 1.29 is 27.5 Å². The van der Waals surface area contributed by atoms with Gasteiger partial charge in [0.2, 0.25) is 0 Å². The van der Waals surface area contributed by atoms with E-state index in [1.54, 1.807) is 57.4 Å². The van der Waals surface area contributed by atoms with Crippen molar-refractivity contribution in [2.24, 2.45) is 0 Å². The third kappa shape index (κ3) is 8.43. The minimum Gasteiger partial charge on any atom is -0.464 e. The molecule has 0 spiro atoms. The number of nitrogens with one attached hydrogen (secondary N) is 1. The predicted molar refractivity (Wildman–Crippen MR) is 171 cm³/mol. The van der Waals surface area contributed by atoms with Crippen molar-refractivity contribution >= 4 is 61.9 Å². The van der Waals surface area contributed by atoms with Crippen LogP contribution in [0.15, 0.2) is 71.9 Å². The number of pyridine rings is 1. The molecule has 0 unspecified atom stereocenters. The van der Waals surface area contributed by atoms with Crippen LogP contribution in [0, 0.1) is 0 Å². The lowest BCUT2D eigenvalue weighted by molar-refractivity contribution is -0.141. The van der Waals surface area contributed by atoms with Crippen LogP contribution < -0.4 is 9.62 Å². The second-order valence-electron chi connectivity index (χ2n) is 11.0. The van der Waals surface area contributed by atoms with Gasteiger partial charge in [0.05, 0.1) is 22.7 Å². The van der Waals surface area contributed by atoms with Gasteiger partial charge in [0.1, 0.15) is 18.0 Å². The summed E-state index contributed by atoms with van der Waals surface area (Å²) >= 11 is 12.2. The average molecular weight is 662 g/mol. The van der Waals surface area contributed by atoms with Crippen molar-refractivity contribution in [3.05, 3.63) is 82.6 Å². The Kier molecular flexibility index (Phi) is 10.4. The first-order chi connectivity index (χ1) is 20.8. The first-order valence-electron chi connectivity index (χ1n) is 13.9. The van der Waals surface area contributed by atoms with Gasteiger partial charge in [0, 0.05) is 34.4 Å². The van der Waals surface area contributed by atoms with Crippen LogP contribution in [0.2, 0.25) is 10.0 Å². The summed E-state index contributed by atoms with van der Waals surface area (Å²) in [5, 5.41) is 3.72. The minimum atomic E-state index is -4.27. The summed E-state index contributed by atoms with van der Waals surface area (Å²) in [4.78, 5) is 29.1. The van der Waals surface area contributed by atoms with Gasteiger partial charge >= 0.3 is 12.1 Å². The molecule has 1 N–H and O–H groups in total. The van der Waals surface area contributed by atoms with Crippen LogP contribution in [0.3, 0.4) is 0 Å². The van der Waals surface area contributed by atoms with Crippen molar-refractivity contribution in [2.75, 3.05) is 17.5 Å². The number of sulfonamides is 1. The molecule has 2 aromatic carbocycles. The summed E-state index contributed by atoms with van der Waals surface area (Å²) in [5.74, 6) is -0.0948. The molecular formula is C31H34Cl2N4O6S. The molecule has 0 saturated carbocycles. The fourth-order valence-corrected chi connectivity index (χ4v) is 6.42. The molecule has 10 nitrogen and oxygen atoms in total. The molecule has 2 heterocycles. The lowest BCUT2D eigenvalue weighted by Gasteiger charge is -2.24. The Bertz CT molecular complexity index is 1750. The van der Waals surface area contributed by atoms with Crippen molar-refractivity contribution in [2.45, 2.75) is 57.6 Å². The predicted octanol–water partition coefficient (Wildman–Crippen LogP) is 6.90. The summed E-state index contributed by atoms with van der Waals surface area (Å²) < 4.78 is 41.1. The van der Waals surface area contributed by atoms with Crippen molar-refractivity contribution in [3.8, 4) is 5.82 Å². The van der Waals surface area contributed by atoms with E-state index in [2.05, 4.69) is 10.3 Å². The monoisotopic (exact) mass is 660 g/mol. The third-order valence-electron chi connectivity index (χ3n) is 6.31. The van der Waals surface area contributed by atoms with Gasteiger partial charge in [-0.2, -0.15) is 0 Å². The van der Waals surface area contributed by atoms with Gasteiger partial charge in [-0.1, -0.05) is 36.5 Å². The number of anilines is 1. The maximum Gasteiger partial charge on any atom is 0.407 e. The molecule has 4 aromatic rings. The highest BCUT2D eigenvalue weighted by molar-refractivity contribution is 7.92. The molecule has 1 amide bonds. The van der Waals surface area contributed by atoms with Gasteiger partial charge in [-0.25, -0.2) is 18.2 Å². The van der Waals surface area contributed by atoms with Gasteiger partial charge < -0.3 is 19.4 Å². The number of carbonyl (C=O) groups excluding carboxylic acids is 2. The van der Waals surface area contributed by atoms with Crippen LogP contribution in [0.25, 0.3) is 16.7 Å². The first-order valence-corrected chi connectivity index (χ1v) is 16.1. The summed E-state index contributed by atoms with van der Waals surface area (Å²) in [5.41, 5.74) is 1.19. The molecular weight excluding hydrogens is 627 g/mol. The molecule has 0 aliphatic heterocycles. The zero-order valence-corrected chi connectivity index (χ0v) is 27.2. The maximum atomic E-state index is 13.8. The Morgan fingerprint density at radius 3 is 2.43 bits per heavy atom. The zero-order chi connectivity index (χ0) is 32.1. The fourth-order valence-electron chi connectivity index (χ4n) is 4.29. The number of rotatable bonds is 11. The molecule has 0 bridgehead atoms. The lowest BCUT2D eigenvalue weighted by Crippen LogP contribution is -2.36. The molecule has 234 valence electrons. The van der Waals surface area contributed by atoms with E-state index in [0.29, 0.717) is 17.6 Å². The van der Waals surface area contributed by atoms with Crippen LogP contribution >= 0.6 is 23.2 Å². The Balaban J connectivity index is 1.65. The van der Waals surface area contributed by atoms with Crippen molar-refractivity contribution in [3.63, 3.8) is 0 Å². The number of nitrogens with zero attached hydrogens (tertiary/aromatic N) is 3. The summed E-state index contributed by atoms with van der Waals surface area (Å²) in [6.45, 7) is 7.22. The van der Waals surface area contributed by atoms with E-state index in [4.69, 9.17) is 32.7 Å². The van der Waals surface area contributed by atoms with E-state index >= 15 is 0 Å². The van der Waals surface area contributed by atoms with Crippen LogP contribution in [-0.4, -0.2) is 48.8 Å². The van der Waals surface area contributed by atoms with Gasteiger partial charge in [0.25, 0.3) is 10.0 Å². The molecule has 0 atom stereocenters. The number of alkyl carbamates (subject to hydrolysis) is 1. The number of carbonyl (C=O) groups is 2. The molecule has 0 radical (unpaired) electrons. The molecule has 4 rings (SSSR count). The standard InChI is InChI=1S/C31H34Cl2N4O6S/c1-5-6-13-42-29(38)20-37(44(40,41)26-17-23(32)16-24(33)18-26)25-7-8-27-22(15-25)10-12-36(27)28-14-21(9-11-34-28)19-35-30(39)43-31(2,3)4/h7-12,14-18H,5-6,13,19-20H2,1-4H3,(H,35,39). The van der Waals surface area contributed by atoms with Gasteiger partial charge in [-0.3, -0.25) is 9.10 Å². The van der Waals surface area contributed by atoms with Gasteiger partial charge in [0.15, 0.2) is 0 Å². The van der Waals surface area contributed by atoms with E-state index in [1.165, 1.54) is 18.2 Å². The topological polar surface area (TPSA) is 120 Å². The zero-order valence-electron chi connectivity index (χ0n) is 24.8. The van der Waals surface area contributed by atoms with Crippen LogP contribution in [0.4, 0.5) is 10.5 Å². The van der Waals surface area contributed by atoms with Crippen LogP contribution in [-0.2, 0) is 30.8 Å². The van der Waals surface area contributed by atoms with E-state index in [0.717, 1.165) is 21.8 Å². The van der Waals surface area contributed by atoms with Gasteiger partial charge in [-0.05, 0) is 87.4 Å². The quantitative estimate of drug-likeness (QED) is 0.137. The molecule has 2 aromatic heterocycles. The third-order valence-corrected chi connectivity index (χ3v) is 8.50. The molecule has 0 aliphatic carbocycles. The van der Waals surface area contributed by atoms with E-state index in [1.807, 2.05) is 23.6 Å². The second kappa shape index (κ2) is 13.9. The van der Waals surface area contributed by atoms with Crippen molar-refractivity contribution in [1.29, 1.82) is 0 Å². The number of hydrogen-bond donors (Lipinski definition) is 1. The highest BCUT2D eigenvalue weighted by Crippen LogP contribution is 2.31. The highest BCUT2D eigenvalue weighted by Gasteiger charge is 2.29. The van der Waals surface area contributed by atoms with Crippen LogP contribution in [0.5, 0.6) is 0 Å². The smallest absolute Gasteiger partial charge is 0.407 e. The Hall–Kier alpha value is -3.80. The minimum absolute atomic E-state index is 0.144. The summed E-state index contributed by atoms with van der Waals surface area (Å²) in [6.07, 6.45) is 4.40. The second-order valence-corrected chi connectivity index (χ2v) is 13.7. The van der Waals surface area contributed by atoms with E-state index < -0.39 is 34.2 Å². The Morgan fingerprint density at radius 2 is 1.75 bits per heavy atom. The molecule has 0 aliphatic rings. The Labute approximate surface area is 266 Å². The number of ether oxygens (including phenoxy) is 2. The number of unbranched alkanes of at least 4 members (excludes halogenated alkanes) is 1. The lowest BCUT2D eigenvalue weighted by atomic mass is 10.2. The van der Waals surface area contributed by atoms with Crippen LogP contribution in [0.1, 0.15) is 46.1 Å². The maximum absolute atomic E-state index is 13.8. The number of esters is 1. The number of hydrogen-bond acceptors (Lipinski definition) is 7. The number of benzene rings is 2. The normalized spacial score (nSPS) is 11.8. The summed E-state index contributed by atoms with van der Waals surface area (Å²) in [7, 11) is -4.27. The first kappa shape index (κ1) is 33.1. The largest absolute Gasteiger partial charge is 0.464 e. The number of amides is 1. The number of fused-ring (bicyclic) bond motifs is 1. The molecule has 0 fully saturated rings.